The average Bonchev–Trinajstić information content (AvgIpc) is 3.63. The lowest BCUT2D eigenvalue weighted by atomic mass is 9.98. The van der Waals surface area contributed by atoms with Crippen molar-refractivity contribution in [3.8, 4) is 11.1 Å². The third-order valence-electron chi connectivity index (χ3n) is 6.72. The van der Waals surface area contributed by atoms with Gasteiger partial charge in [-0.05, 0) is 49.1 Å². The molecule has 2 aromatic carbocycles. The van der Waals surface area contributed by atoms with Crippen LogP contribution in [0.1, 0.15) is 43.2 Å². The maximum atomic E-state index is 12.7. The fraction of sp³-hybridized carbons (Fsp3) is 0.423. The number of hydrogen-bond acceptors (Lipinski definition) is 5. The van der Waals surface area contributed by atoms with Crippen LogP contribution in [0.25, 0.3) is 11.1 Å². The minimum atomic E-state index is -1.22. The molecule has 3 N–H and O–H groups in total. The molecule has 34 heavy (non-hydrogen) atoms. The van der Waals surface area contributed by atoms with Gasteiger partial charge in [-0.2, -0.15) is 0 Å². The highest BCUT2D eigenvalue weighted by Gasteiger charge is 2.32. The Balaban J connectivity index is 1.35. The molecule has 2 aromatic rings. The van der Waals surface area contributed by atoms with Crippen molar-refractivity contribution in [1.82, 2.24) is 15.5 Å². The third kappa shape index (κ3) is 5.39. The number of nitrogens with one attached hydrogen (secondary N) is 2. The summed E-state index contributed by atoms with van der Waals surface area (Å²) in [5, 5.41) is 14.4. The summed E-state index contributed by atoms with van der Waals surface area (Å²) in [6.07, 6.45) is 0.967. The second-order valence-corrected chi connectivity index (χ2v) is 9.11. The highest BCUT2D eigenvalue weighted by molar-refractivity contribution is 5.89. The molecular weight excluding hydrogens is 434 g/mol. The summed E-state index contributed by atoms with van der Waals surface area (Å²) >= 11 is 0. The van der Waals surface area contributed by atoms with Gasteiger partial charge in [-0.15, -0.1) is 0 Å². The lowest BCUT2D eigenvalue weighted by Gasteiger charge is -2.25. The zero-order valence-electron chi connectivity index (χ0n) is 19.5. The molecule has 180 valence electrons. The molecule has 2 atom stereocenters. The van der Waals surface area contributed by atoms with Crippen LogP contribution in [0.15, 0.2) is 48.5 Å². The van der Waals surface area contributed by atoms with Crippen molar-refractivity contribution in [1.29, 1.82) is 0 Å². The average molecular weight is 466 g/mol. The molecule has 0 saturated heterocycles. The van der Waals surface area contributed by atoms with Gasteiger partial charge in [0.05, 0.1) is 6.42 Å². The molecule has 0 heterocycles. The number of alkyl carbamates (subject to hydrolysis) is 1. The first kappa shape index (κ1) is 23.8. The number of carboxylic acid groups (broad SMARTS) is 1. The summed E-state index contributed by atoms with van der Waals surface area (Å²) in [6.45, 7) is 2.46. The molecule has 0 aromatic heterocycles. The Morgan fingerprint density at radius 3 is 2.21 bits per heavy atom. The number of carboxylic acids is 1. The first-order chi connectivity index (χ1) is 16.3. The number of amides is 2. The van der Waals surface area contributed by atoms with E-state index in [1.54, 1.807) is 0 Å². The molecule has 8 heteroatoms. The summed E-state index contributed by atoms with van der Waals surface area (Å²) in [7, 11) is 2.01. The van der Waals surface area contributed by atoms with E-state index in [1.165, 1.54) is 0 Å². The highest BCUT2D eigenvalue weighted by Crippen LogP contribution is 2.44. The van der Waals surface area contributed by atoms with Crippen LogP contribution in [0.4, 0.5) is 4.79 Å². The van der Waals surface area contributed by atoms with Crippen LogP contribution in [0.2, 0.25) is 0 Å². The van der Waals surface area contributed by atoms with Gasteiger partial charge in [0, 0.05) is 24.5 Å². The van der Waals surface area contributed by atoms with Crippen molar-refractivity contribution < 1.29 is 24.2 Å². The van der Waals surface area contributed by atoms with Gasteiger partial charge < -0.3 is 20.5 Å². The Hall–Kier alpha value is -3.39. The summed E-state index contributed by atoms with van der Waals surface area (Å²) in [5.41, 5.74) is 4.37. The molecule has 2 aliphatic carbocycles. The van der Waals surface area contributed by atoms with Gasteiger partial charge in [-0.1, -0.05) is 48.5 Å². The highest BCUT2D eigenvalue weighted by atomic mass is 16.5. The van der Waals surface area contributed by atoms with E-state index in [0.717, 1.165) is 35.1 Å². The summed E-state index contributed by atoms with van der Waals surface area (Å²) in [4.78, 5) is 38.7. The van der Waals surface area contributed by atoms with Gasteiger partial charge in [-0.25, -0.2) is 4.79 Å². The van der Waals surface area contributed by atoms with Crippen LogP contribution in [-0.2, 0) is 14.3 Å². The molecule has 0 aliphatic heterocycles. The number of nitrogens with zero attached hydrogens (tertiary/aromatic N) is 1. The second-order valence-electron chi connectivity index (χ2n) is 9.11. The first-order valence-electron chi connectivity index (χ1n) is 11.7. The fourth-order valence-electron chi connectivity index (χ4n) is 4.52. The fourth-order valence-corrected chi connectivity index (χ4v) is 4.52. The van der Waals surface area contributed by atoms with Crippen LogP contribution in [0, 0.1) is 0 Å². The molecular formula is C26H31N3O5. The largest absolute Gasteiger partial charge is 0.481 e. The minimum Gasteiger partial charge on any atom is -0.481 e. The second kappa shape index (κ2) is 10.3. The van der Waals surface area contributed by atoms with E-state index in [9.17, 15) is 19.5 Å². The zero-order valence-corrected chi connectivity index (χ0v) is 19.5. The standard InChI is InChI=1S/C26H31N3O5/c1-16(29(2)17-11-12-17)14-27-25(32)23(13-24(30)31)28-26(33)34-15-22-20-9-5-3-7-18(20)19-8-4-6-10-21(19)22/h3-10,16-17,22-23H,11-15H2,1-2H3,(H,27,32)(H,28,33)(H,30,31). The topological polar surface area (TPSA) is 108 Å². The van der Waals surface area contributed by atoms with Crippen LogP contribution >= 0.6 is 0 Å². The molecule has 0 spiro atoms. The molecule has 8 nitrogen and oxygen atoms in total. The lowest BCUT2D eigenvalue weighted by Crippen LogP contribution is -2.50. The Morgan fingerprint density at radius 2 is 1.65 bits per heavy atom. The Morgan fingerprint density at radius 1 is 1.06 bits per heavy atom. The van der Waals surface area contributed by atoms with E-state index in [1.807, 2.05) is 62.5 Å². The number of carbonyl (C=O) groups is 3. The predicted molar refractivity (Wildman–Crippen MR) is 128 cm³/mol. The number of aliphatic carboxylic acids is 1. The number of hydrogen-bond donors (Lipinski definition) is 3. The number of rotatable bonds is 10. The van der Waals surface area contributed by atoms with E-state index in [-0.39, 0.29) is 18.6 Å². The quantitative estimate of drug-likeness (QED) is 0.498. The molecule has 1 fully saturated rings. The van der Waals surface area contributed by atoms with Crippen LogP contribution in [0.5, 0.6) is 0 Å². The lowest BCUT2D eigenvalue weighted by molar-refractivity contribution is -0.139. The maximum absolute atomic E-state index is 12.7. The summed E-state index contributed by atoms with van der Waals surface area (Å²) in [6, 6.07) is 15.4. The van der Waals surface area contributed by atoms with Gasteiger partial charge in [0.15, 0.2) is 0 Å². The van der Waals surface area contributed by atoms with Crippen LogP contribution < -0.4 is 10.6 Å². The molecule has 2 amide bonds. The third-order valence-corrected chi connectivity index (χ3v) is 6.72. The van der Waals surface area contributed by atoms with Gasteiger partial charge >= 0.3 is 12.1 Å². The monoisotopic (exact) mass is 465 g/mol. The Labute approximate surface area is 199 Å². The van der Waals surface area contributed by atoms with E-state index >= 15 is 0 Å². The van der Waals surface area contributed by atoms with Gasteiger partial charge in [-0.3, -0.25) is 14.5 Å². The maximum Gasteiger partial charge on any atom is 0.407 e. The number of likely N-dealkylation sites (N-methyl/N-ethyl adjacent to an activating group) is 1. The molecule has 0 bridgehead atoms. The molecule has 2 aliphatic rings. The van der Waals surface area contributed by atoms with E-state index < -0.39 is 30.4 Å². The van der Waals surface area contributed by atoms with E-state index in [0.29, 0.717) is 12.6 Å². The minimum absolute atomic E-state index is 0.0878. The SMILES string of the molecule is CC(CNC(=O)C(CC(=O)O)NC(=O)OCC1c2ccccc2-c2ccccc21)N(C)C1CC1. The van der Waals surface area contributed by atoms with Gasteiger partial charge in [0.1, 0.15) is 12.6 Å². The van der Waals surface area contributed by atoms with Crippen molar-refractivity contribution in [2.45, 2.75) is 50.2 Å². The predicted octanol–water partition coefficient (Wildman–Crippen LogP) is 2.97. The van der Waals surface area contributed by atoms with E-state index in [4.69, 9.17) is 4.74 Å². The smallest absolute Gasteiger partial charge is 0.407 e. The number of carbonyl (C=O) groups excluding carboxylic acids is 2. The van der Waals surface area contributed by atoms with Crippen molar-refractivity contribution in [2.24, 2.45) is 0 Å². The molecule has 4 rings (SSSR count). The van der Waals surface area contributed by atoms with Gasteiger partial charge in [0.25, 0.3) is 0 Å². The number of ether oxygens (including phenoxy) is 1. The molecule has 1 saturated carbocycles. The van der Waals surface area contributed by atoms with Crippen molar-refractivity contribution in [3.63, 3.8) is 0 Å². The number of fused-ring (bicyclic) bond motifs is 3. The normalized spacial score (nSPS) is 16.3. The van der Waals surface area contributed by atoms with Crippen LogP contribution in [-0.4, -0.2) is 66.3 Å². The summed E-state index contributed by atoms with van der Waals surface area (Å²) in [5.74, 6) is -1.84. The van der Waals surface area contributed by atoms with Crippen molar-refractivity contribution in [3.05, 3.63) is 59.7 Å². The van der Waals surface area contributed by atoms with E-state index in [2.05, 4.69) is 15.5 Å². The van der Waals surface area contributed by atoms with Crippen LogP contribution in [0.3, 0.4) is 0 Å². The van der Waals surface area contributed by atoms with Crippen molar-refractivity contribution >= 4 is 18.0 Å². The zero-order chi connectivity index (χ0) is 24.2. The van der Waals surface area contributed by atoms with Gasteiger partial charge in [0.2, 0.25) is 5.91 Å². The first-order valence-corrected chi connectivity index (χ1v) is 11.7. The van der Waals surface area contributed by atoms with Crippen molar-refractivity contribution in [2.75, 3.05) is 20.2 Å². The number of benzene rings is 2. The Bertz CT molecular complexity index is 1020. The Kier molecular flexibility index (Phi) is 7.17. The molecule has 2 unspecified atom stereocenters. The summed E-state index contributed by atoms with van der Waals surface area (Å²) < 4.78 is 5.47. The molecule has 0 radical (unpaired) electrons.